The summed E-state index contributed by atoms with van der Waals surface area (Å²) in [6, 6.07) is 0. The molecule has 100 valence electrons. The van der Waals surface area contributed by atoms with Crippen LogP contribution in [0.5, 0.6) is 0 Å². The molecule has 2 N–H and O–H groups in total. The Hall–Kier alpha value is -1.29. The zero-order valence-electron chi connectivity index (χ0n) is 11.7. The summed E-state index contributed by atoms with van der Waals surface area (Å²) in [5.74, 6) is 0. The molecule has 0 saturated carbocycles. The lowest BCUT2D eigenvalue weighted by molar-refractivity contribution is 0.264. The first kappa shape index (κ1) is 13.1. The van der Waals surface area contributed by atoms with Crippen LogP contribution in [0.1, 0.15) is 27.2 Å². The topological polar surface area (TPSA) is 47.1 Å². The van der Waals surface area contributed by atoms with Crippen molar-refractivity contribution in [3.05, 3.63) is 24.0 Å². The smallest absolute Gasteiger partial charge is 0.0719 e. The zero-order valence-corrected chi connectivity index (χ0v) is 11.7. The van der Waals surface area contributed by atoms with E-state index in [2.05, 4.69) is 36.8 Å². The first-order chi connectivity index (χ1) is 8.45. The molecule has 0 fully saturated rings. The zero-order chi connectivity index (χ0) is 13.2. The Balaban J connectivity index is 1.82. The third kappa shape index (κ3) is 3.35. The Labute approximate surface area is 109 Å². The van der Waals surface area contributed by atoms with E-state index in [0.717, 1.165) is 31.9 Å². The van der Waals surface area contributed by atoms with E-state index in [1.54, 1.807) is 11.8 Å². The predicted molar refractivity (Wildman–Crippen MR) is 75.2 cm³/mol. The van der Waals surface area contributed by atoms with Gasteiger partial charge in [-0.3, -0.25) is 9.58 Å². The maximum atomic E-state index is 5.65. The van der Waals surface area contributed by atoms with Gasteiger partial charge in [-0.1, -0.05) is 32.4 Å². The molecule has 0 unspecified atom stereocenters. The lowest BCUT2D eigenvalue weighted by Crippen LogP contribution is -2.33. The highest BCUT2D eigenvalue weighted by molar-refractivity contribution is 5.30. The van der Waals surface area contributed by atoms with Gasteiger partial charge in [0.25, 0.3) is 0 Å². The van der Waals surface area contributed by atoms with Gasteiger partial charge in [-0.05, 0) is 11.8 Å². The molecule has 18 heavy (non-hydrogen) atoms. The van der Waals surface area contributed by atoms with E-state index in [1.807, 2.05) is 10.9 Å². The van der Waals surface area contributed by atoms with Crippen LogP contribution in [0.3, 0.4) is 0 Å². The molecule has 1 aliphatic heterocycles. The minimum absolute atomic E-state index is 0.322. The van der Waals surface area contributed by atoms with Gasteiger partial charge >= 0.3 is 0 Å². The number of nitrogen functional groups attached to an aromatic ring is 1. The van der Waals surface area contributed by atoms with Crippen LogP contribution in [-0.2, 0) is 6.54 Å². The normalized spacial score (nSPS) is 17.8. The van der Waals surface area contributed by atoms with Crippen molar-refractivity contribution < 1.29 is 0 Å². The largest absolute Gasteiger partial charge is 0.396 e. The van der Waals surface area contributed by atoms with E-state index in [9.17, 15) is 0 Å². The number of aromatic nitrogens is 2. The van der Waals surface area contributed by atoms with Gasteiger partial charge in [-0.25, -0.2) is 0 Å². The summed E-state index contributed by atoms with van der Waals surface area (Å²) in [4.78, 5) is 2.47. The van der Waals surface area contributed by atoms with Gasteiger partial charge in [0.1, 0.15) is 0 Å². The van der Waals surface area contributed by atoms with Crippen LogP contribution >= 0.6 is 0 Å². The molecular formula is C14H24N4. The number of hydrogen-bond donors (Lipinski definition) is 1. The fraction of sp³-hybridized carbons (Fsp3) is 0.643. The lowest BCUT2D eigenvalue weighted by Gasteiger charge is -2.32. The van der Waals surface area contributed by atoms with Crippen molar-refractivity contribution >= 4 is 5.69 Å². The number of rotatable bonds is 3. The standard InChI is InChI=1S/C14H24N4/c1-14(2,3)12-4-6-17(7-5-12)8-9-18-11-13(15)10-16-18/h4,10-11H,5-9,15H2,1-3H3. The first-order valence-corrected chi connectivity index (χ1v) is 6.65. The Kier molecular flexibility index (Phi) is 3.76. The second kappa shape index (κ2) is 5.14. The summed E-state index contributed by atoms with van der Waals surface area (Å²) in [7, 11) is 0. The van der Waals surface area contributed by atoms with Crippen LogP contribution < -0.4 is 5.73 Å². The molecule has 1 aliphatic rings. The molecular weight excluding hydrogens is 224 g/mol. The van der Waals surface area contributed by atoms with E-state index in [1.165, 1.54) is 6.42 Å². The van der Waals surface area contributed by atoms with Crippen LogP contribution in [0, 0.1) is 5.41 Å². The molecule has 0 amide bonds. The summed E-state index contributed by atoms with van der Waals surface area (Å²) in [6.45, 7) is 11.0. The second-order valence-corrected chi connectivity index (χ2v) is 6.07. The highest BCUT2D eigenvalue weighted by Gasteiger charge is 2.20. The molecule has 0 aliphatic carbocycles. The average Bonchev–Trinajstić information content (AvgIpc) is 2.72. The molecule has 0 atom stereocenters. The number of nitrogens with zero attached hydrogens (tertiary/aromatic N) is 3. The Morgan fingerprint density at radius 1 is 1.33 bits per heavy atom. The molecule has 2 heterocycles. The second-order valence-electron chi connectivity index (χ2n) is 6.07. The van der Waals surface area contributed by atoms with E-state index in [0.29, 0.717) is 5.41 Å². The van der Waals surface area contributed by atoms with E-state index in [-0.39, 0.29) is 0 Å². The molecule has 1 aromatic rings. The molecule has 0 spiro atoms. The van der Waals surface area contributed by atoms with Crippen molar-refractivity contribution in [3.8, 4) is 0 Å². The maximum Gasteiger partial charge on any atom is 0.0719 e. The van der Waals surface area contributed by atoms with Crippen LogP contribution in [0.2, 0.25) is 0 Å². The van der Waals surface area contributed by atoms with Gasteiger partial charge in [-0.2, -0.15) is 5.10 Å². The Morgan fingerprint density at radius 2 is 2.11 bits per heavy atom. The van der Waals surface area contributed by atoms with Crippen LogP contribution in [0.25, 0.3) is 0 Å². The highest BCUT2D eigenvalue weighted by atomic mass is 15.3. The average molecular weight is 248 g/mol. The molecule has 1 aromatic heterocycles. The van der Waals surface area contributed by atoms with Gasteiger partial charge in [0, 0.05) is 25.8 Å². The van der Waals surface area contributed by atoms with Crippen molar-refractivity contribution in [1.82, 2.24) is 14.7 Å². The number of hydrogen-bond acceptors (Lipinski definition) is 3. The number of nitrogens with two attached hydrogens (primary N) is 1. The van der Waals surface area contributed by atoms with Gasteiger partial charge in [0.05, 0.1) is 18.4 Å². The van der Waals surface area contributed by atoms with Gasteiger partial charge in [0.15, 0.2) is 0 Å². The minimum Gasteiger partial charge on any atom is -0.396 e. The van der Waals surface area contributed by atoms with Crippen LogP contribution in [0.4, 0.5) is 5.69 Å². The van der Waals surface area contributed by atoms with E-state index < -0.39 is 0 Å². The summed E-state index contributed by atoms with van der Waals surface area (Å²) in [5.41, 5.74) is 8.29. The van der Waals surface area contributed by atoms with Crippen LogP contribution in [-0.4, -0.2) is 34.3 Å². The van der Waals surface area contributed by atoms with Crippen molar-refractivity contribution in [3.63, 3.8) is 0 Å². The molecule has 0 aromatic carbocycles. The lowest BCUT2D eigenvalue weighted by atomic mass is 9.83. The molecule has 0 bridgehead atoms. The maximum absolute atomic E-state index is 5.65. The summed E-state index contributed by atoms with van der Waals surface area (Å²) < 4.78 is 1.92. The van der Waals surface area contributed by atoms with Crippen molar-refractivity contribution in [2.75, 3.05) is 25.4 Å². The summed E-state index contributed by atoms with van der Waals surface area (Å²) in [6.07, 6.45) is 7.17. The summed E-state index contributed by atoms with van der Waals surface area (Å²) >= 11 is 0. The third-order valence-electron chi connectivity index (χ3n) is 3.56. The van der Waals surface area contributed by atoms with E-state index in [4.69, 9.17) is 5.73 Å². The monoisotopic (exact) mass is 248 g/mol. The SMILES string of the molecule is CC(C)(C)C1=CCN(CCn2cc(N)cn2)CC1. The molecule has 0 saturated heterocycles. The van der Waals surface area contributed by atoms with Crippen molar-refractivity contribution in [2.24, 2.45) is 5.41 Å². The third-order valence-corrected chi connectivity index (χ3v) is 3.56. The summed E-state index contributed by atoms with van der Waals surface area (Å²) in [5, 5.41) is 4.20. The quantitative estimate of drug-likeness (QED) is 0.834. The van der Waals surface area contributed by atoms with Gasteiger partial charge in [0.2, 0.25) is 0 Å². The van der Waals surface area contributed by atoms with E-state index >= 15 is 0 Å². The van der Waals surface area contributed by atoms with Gasteiger partial charge in [-0.15, -0.1) is 0 Å². The molecule has 0 radical (unpaired) electrons. The van der Waals surface area contributed by atoms with Crippen molar-refractivity contribution in [2.45, 2.75) is 33.7 Å². The first-order valence-electron chi connectivity index (χ1n) is 6.65. The molecule has 2 rings (SSSR count). The Bertz CT molecular complexity index is 425. The molecule has 4 nitrogen and oxygen atoms in total. The van der Waals surface area contributed by atoms with Gasteiger partial charge < -0.3 is 5.73 Å². The number of anilines is 1. The van der Waals surface area contributed by atoms with Crippen LogP contribution in [0.15, 0.2) is 24.0 Å². The highest BCUT2D eigenvalue weighted by Crippen LogP contribution is 2.29. The minimum atomic E-state index is 0.322. The molecule has 4 heteroatoms. The predicted octanol–water partition coefficient (Wildman–Crippen LogP) is 2.14. The fourth-order valence-electron chi connectivity index (χ4n) is 2.34. The Morgan fingerprint density at radius 3 is 2.61 bits per heavy atom. The fourth-order valence-corrected chi connectivity index (χ4v) is 2.34. The van der Waals surface area contributed by atoms with Crippen molar-refractivity contribution in [1.29, 1.82) is 0 Å².